The van der Waals surface area contributed by atoms with E-state index in [1.54, 1.807) is 24.3 Å². The lowest BCUT2D eigenvalue weighted by Gasteiger charge is -2.35. The van der Waals surface area contributed by atoms with Crippen LogP contribution in [0.15, 0.2) is 36.4 Å². The summed E-state index contributed by atoms with van der Waals surface area (Å²) in [7, 11) is 3.03. The van der Waals surface area contributed by atoms with Crippen LogP contribution in [-0.4, -0.2) is 57.8 Å². The van der Waals surface area contributed by atoms with Crippen LogP contribution in [0.3, 0.4) is 0 Å². The van der Waals surface area contributed by atoms with Gasteiger partial charge in [-0.1, -0.05) is 11.6 Å². The summed E-state index contributed by atoms with van der Waals surface area (Å²) in [5, 5.41) is 3.27. The van der Waals surface area contributed by atoms with E-state index in [4.69, 9.17) is 21.1 Å². The summed E-state index contributed by atoms with van der Waals surface area (Å²) in [5.74, 6) is 0.553. The second-order valence-corrected chi connectivity index (χ2v) is 6.88. The third-order valence-electron chi connectivity index (χ3n) is 4.68. The molecule has 1 amide bonds. The van der Waals surface area contributed by atoms with E-state index in [1.165, 1.54) is 26.4 Å². The van der Waals surface area contributed by atoms with Crippen molar-refractivity contribution in [1.29, 1.82) is 0 Å². The maximum absolute atomic E-state index is 13.1. The van der Waals surface area contributed by atoms with Crippen molar-refractivity contribution < 1.29 is 18.7 Å². The predicted octanol–water partition coefficient (Wildman–Crippen LogP) is 3.26. The normalized spacial score (nSPS) is 14.6. The Balaban J connectivity index is 1.55. The lowest BCUT2D eigenvalue weighted by atomic mass is 10.2. The number of methoxy groups -OCH3 is 2. The van der Waals surface area contributed by atoms with Gasteiger partial charge in [-0.05, 0) is 24.3 Å². The Bertz CT molecular complexity index is 824. The first-order valence-corrected chi connectivity index (χ1v) is 9.32. The van der Waals surface area contributed by atoms with Gasteiger partial charge in [0, 0.05) is 44.0 Å². The molecule has 28 heavy (non-hydrogen) atoms. The fourth-order valence-corrected chi connectivity index (χ4v) is 3.40. The van der Waals surface area contributed by atoms with E-state index in [9.17, 15) is 9.18 Å². The van der Waals surface area contributed by atoms with Gasteiger partial charge in [0.25, 0.3) is 0 Å². The molecule has 3 rings (SSSR count). The van der Waals surface area contributed by atoms with Gasteiger partial charge in [0.15, 0.2) is 0 Å². The first-order valence-electron chi connectivity index (χ1n) is 8.94. The summed E-state index contributed by atoms with van der Waals surface area (Å²) in [6.45, 7) is 3.30. The van der Waals surface area contributed by atoms with Crippen molar-refractivity contribution in [2.45, 2.75) is 0 Å². The highest BCUT2D eigenvalue weighted by atomic mass is 35.5. The summed E-state index contributed by atoms with van der Waals surface area (Å²) in [4.78, 5) is 16.7. The number of hydrogen-bond donors (Lipinski definition) is 1. The second kappa shape index (κ2) is 9.12. The number of nitrogens with one attached hydrogen (secondary N) is 1. The molecule has 150 valence electrons. The fourth-order valence-electron chi connectivity index (χ4n) is 3.17. The molecule has 0 bridgehead atoms. The van der Waals surface area contributed by atoms with E-state index in [0.717, 1.165) is 31.9 Å². The van der Waals surface area contributed by atoms with Gasteiger partial charge in [-0.25, -0.2) is 4.39 Å². The monoisotopic (exact) mass is 407 g/mol. The number of rotatable bonds is 6. The molecule has 0 spiro atoms. The van der Waals surface area contributed by atoms with Crippen LogP contribution in [0.5, 0.6) is 11.5 Å². The summed E-state index contributed by atoms with van der Waals surface area (Å²) in [6.07, 6.45) is 0. The summed E-state index contributed by atoms with van der Waals surface area (Å²) in [6, 6.07) is 9.73. The molecule has 0 radical (unpaired) electrons. The zero-order chi connectivity index (χ0) is 20.1. The smallest absolute Gasteiger partial charge is 0.238 e. The van der Waals surface area contributed by atoms with Crippen LogP contribution in [0, 0.1) is 5.82 Å². The van der Waals surface area contributed by atoms with Gasteiger partial charge in [0.2, 0.25) is 5.91 Å². The Morgan fingerprint density at radius 1 is 1.07 bits per heavy atom. The van der Waals surface area contributed by atoms with Gasteiger partial charge in [0.05, 0.1) is 31.5 Å². The van der Waals surface area contributed by atoms with Gasteiger partial charge in [-0.3, -0.25) is 9.69 Å². The topological polar surface area (TPSA) is 54.0 Å². The molecular formula is C20H23ClFN3O3. The molecule has 1 heterocycles. The third kappa shape index (κ3) is 4.85. The van der Waals surface area contributed by atoms with Gasteiger partial charge >= 0.3 is 0 Å². The van der Waals surface area contributed by atoms with E-state index in [0.29, 0.717) is 22.2 Å². The molecule has 2 aromatic carbocycles. The van der Waals surface area contributed by atoms with E-state index in [1.807, 2.05) is 0 Å². The molecule has 1 saturated heterocycles. The minimum Gasteiger partial charge on any atom is -0.495 e. The molecule has 8 heteroatoms. The molecule has 1 aliphatic rings. The van der Waals surface area contributed by atoms with E-state index in [2.05, 4.69) is 15.1 Å². The molecule has 1 aliphatic heterocycles. The van der Waals surface area contributed by atoms with Crippen LogP contribution in [0.1, 0.15) is 0 Å². The second-order valence-electron chi connectivity index (χ2n) is 6.47. The third-order valence-corrected chi connectivity index (χ3v) is 4.97. The predicted molar refractivity (Wildman–Crippen MR) is 108 cm³/mol. The average molecular weight is 408 g/mol. The van der Waals surface area contributed by atoms with Crippen LogP contribution in [-0.2, 0) is 4.79 Å². The van der Waals surface area contributed by atoms with Crippen LogP contribution >= 0.6 is 11.6 Å². The van der Waals surface area contributed by atoms with E-state index in [-0.39, 0.29) is 18.3 Å². The number of nitrogens with zero attached hydrogens (tertiary/aromatic N) is 2. The number of carbonyl (C=O) groups excluding carboxylic acids is 1. The summed E-state index contributed by atoms with van der Waals surface area (Å²) < 4.78 is 23.6. The van der Waals surface area contributed by atoms with Crippen molar-refractivity contribution in [2.24, 2.45) is 0 Å². The fraction of sp³-hybridized carbons (Fsp3) is 0.350. The van der Waals surface area contributed by atoms with Gasteiger partial charge < -0.3 is 19.7 Å². The van der Waals surface area contributed by atoms with Crippen molar-refractivity contribution in [1.82, 2.24) is 4.90 Å². The minimum atomic E-state index is -0.242. The number of ether oxygens (including phenoxy) is 2. The number of hydrogen-bond acceptors (Lipinski definition) is 5. The van der Waals surface area contributed by atoms with Gasteiger partial charge in [-0.15, -0.1) is 0 Å². The Kier molecular flexibility index (Phi) is 6.59. The van der Waals surface area contributed by atoms with Crippen LogP contribution in [0.25, 0.3) is 0 Å². The molecule has 0 atom stereocenters. The highest BCUT2D eigenvalue weighted by Crippen LogP contribution is 2.35. The number of benzene rings is 2. The van der Waals surface area contributed by atoms with Crippen molar-refractivity contribution in [3.63, 3.8) is 0 Å². The zero-order valence-corrected chi connectivity index (χ0v) is 16.6. The van der Waals surface area contributed by atoms with Crippen molar-refractivity contribution in [3.8, 4) is 11.5 Å². The average Bonchev–Trinajstić information content (AvgIpc) is 2.70. The Morgan fingerprint density at radius 2 is 1.71 bits per heavy atom. The lowest BCUT2D eigenvalue weighted by molar-refractivity contribution is -0.117. The quantitative estimate of drug-likeness (QED) is 0.796. The van der Waals surface area contributed by atoms with Crippen molar-refractivity contribution in [2.75, 3.05) is 57.2 Å². The first-order chi connectivity index (χ1) is 13.5. The number of amides is 1. The maximum atomic E-state index is 13.1. The molecule has 0 aliphatic carbocycles. The molecule has 6 nitrogen and oxygen atoms in total. The number of anilines is 2. The standard InChI is InChI=1S/C20H23ClFN3O3/c1-27-18-12-17(19(28-2)11-16(18)21)23-20(26)13-24-7-9-25(10-8-24)15-5-3-14(22)4-6-15/h3-6,11-12H,7-10,13H2,1-2H3,(H,23,26). The SMILES string of the molecule is COc1cc(NC(=O)CN2CCN(c3ccc(F)cc3)CC2)c(OC)cc1Cl. The first kappa shape index (κ1) is 20.2. The molecule has 0 saturated carbocycles. The van der Waals surface area contributed by atoms with Crippen LogP contribution in [0.4, 0.5) is 15.8 Å². The van der Waals surface area contributed by atoms with E-state index >= 15 is 0 Å². The summed E-state index contributed by atoms with van der Waals surface area (Å²) >= 11 is 6.09. The molecule has 1 fully saturated rings. The van der Waals surface area contributed by atoms with Crippen molar-refractivity contribution >= 4 is 28.9 Å². The van der Waals surface area contributed by atoms with Crippen LogP contribution < -0.4 is 19.7 Å². The molecule has 2 aromatic rings. The zero-order valence-electron chi connectivity index (χ0n) is 15.9. The van der Waals surface area contributed by atoms with Crippen LogP contribution in [0.2, 0.25) is 5.02 Å². The minimum absolute atomic E-state index is 0.141. The summed E-state index contributed by atoms with van der Waals surface area (Å²) in [5.41, 5.74) is 1.50. The molecular weight excluding hydrogens is 385 g/mol. The number of halogens is 2. The van der Waals surface area contributed by atoms with Gasteiger partial charge in [-0.2, -0.15) is 0 Å². The number of carbonyl (C=O) groups is 1. The largest absolute Gasteiger partial charge is 0.495 e. The molecule has 0 aromatic heterocycles. The Morgan fingerprint density at radius 3 is 2.32 bits per heavy atom. The highest BCUT2D eigenvalue weighted by Gasteiger charge is 2.20. The van der Waals surface area contributed by atoms with E-state index < -0.39 is 0 Å². The lowest BCUT2D eigenvalue weighted by Crippen LogP contribution is -2.48. The molecule has 1 N–H and O–H groups in total. The Hall–Kier alpha value is -2.51. The highest BCUT2D eigenvalue weighted by molar-refractivity contribution is 6.32. The molecule has 0 unspecified atom stereocenters. The maximum Gasteiger partial charge on any atom is 0.238 e. The van der Waals surface area contributed by atoms with Crippen molar-refractivity contribution in [3.05, 3.63) is 47.2 Å². The number of piperazine rings is 1. The van der Waals surface area contributed by atoms with Gasteiger partial charge in [0.1, 0.15) is 17.3 Å². The Labute approximate surface area is 168 Å².